The lowest BCUT2D eigenvalue weighted by Gasteiger charge is -2.09. The van der Waals surface area contributed by atoms with Crippen LogP contribution in [0.5, 0.6) is 0 Å². The lowest BCUT2D eigenvalue weighted by atomic mass is 10.00. The average molecular weight is 298 g/mol. The van der Waals surface area contributed by atoms with Crippen molar-refractivity contribution < 1.29 is 0 Å². The lowest BCUT2D eigenvalue weighted by Crippen LogP contribution is -2.00. The van der Waals surface area contributed by atoms with Crippen LogP contribution in [0.4, 0.5) is 5.69 Å². The second-order valence-electron chi connectivity index (χ2n) is 5.09. The van der Waals surface area contributed by atoms with Crippen molar-refractivity contribution in [3.05, 3.63) is 64.9 Å². The number of allylic oxidation sites excluding steroid dienone is 2. The zero-order chi connectivity index (χ0) is 16.8. The molecular formula is C19H14N4. The van der Waals surface area contributed by atoms with Gasteiger partial charge in [0.2, 0.25) is 0 Å². The molecule has 0 aromatic heterocycles. The number of benzene rings is 2. The number of anilines is 1. The van der Waals surface area contributed by atoms with Crippen molar-refractivity contribution in [1.29, 1.82) is 15.8 Å². The summed E-state index contributed by atoms with van der Waals surface area (Å²) in [7, 11) is 0. The molecule has 1 N–H and O–H groups in total. The molecule has 2 aromatic carbocycles. The number of rotatable bonds is 3. The molecule has 0 spiro atoms. The summed E-state index contributed by atoms with van der Waals surface area (Å²) >= 11 is 0. The molecule has 0 bridgehead atoms. The van der Waals surface area contributed by atoms with E-state index in [0.29, 0.717) is 5.69 Å². The van der Waals surface area contributed by atoms with E-state index in [2.05, 4.69) is 31.3 Å². The van der Waals surface area contributed by atoms with Crippen molar-refractivity contribution in [2.24, 2.45) is 0 Å². The van der Waals surface area contributed by atoms with Crippen LogP contribution in [-0.4, -0.2) is 0 Å². The van der Waals surface area contributed by atoms with Crippen molar-refractivity contribution in [3.63, 3.8) is 0 Å². The van der Waals surface area contributed by atoms with Gasteiger partial charge >= 0.3 is 0 Å². The fourth-order valence-electron chi connectivity index (χ4n) is 2.12. The SMILES string of the molecule is Cc1ccc(-c2cccc(NC(C#N)=C(C#N)C#N)c2)cc1C. The van der Waals surface area contributed by atoms with Crippen LogP contribution in [-0.2, 0) is 0 Å². The molecule has 0 amide bonds. The van der Waals surface area contributed by atoms with E-state index in [1.54, 1.807) is 18.2 Å². The minimum Gasteiger partial charge on any atom is -0.345 e. The second-order valence-corrected chi connectivity index (χ2v) is 5.09. The van der Waals surface area contributed by atoms with Gasteiger partial charge in [-0.1, -0.05) is 30.3 Å². The van der Waals surface area contributed by atoms with Gasteiger partial charge in [-0.15, -0.1) is 0 Å². The summed E-state index contributed by atoms with van der Waals surface area (Å²) in [6.45, 7) is 4.12. The smallest absolute Gasteiger partial charge is 0.163 e. The van der Waals surface area contributed by atoms with Gasteiger partial charge in [0.25, 0.3) is 0 Å². The summed E-state index contributed by atoms with van der Waals surface area (Å²) in [5, 5.41) is 29.7. The van der Waals surface area contributed by atoms with Crippen LogP contribution in [0.2, 0.25) is 0 Å². The zero-order valence-corrected chi connectivity index (χ0v) is 12.9. The summed E-state index contributed by atoms with van der Waals surface area (Å²) in [5.74, 6) is 0. The summed E-state index contributed by atoms with van der Waals surface area (Å²) in [4.78, 5) is 0. The van der Waals surface area contributed by atoms with Gasteiger partial charge in [0, 0.05) is 5.69 Å². The molecule has 0 saturated carbocycles. The summed E-state index contributed by atoms with van der Waals surface area (Å²) in [6.07, 6.45) is 0. The first-order chi connectivity index (χ1) is 11.1. The first-order valence-corrected chi connectivity index (χ1v) is 6.98. The Balaban J connectivity index is 2.40. The topological polar surface area (TPSA) is 83.4 Å². The number of nitrogens with zero attached hydrogens (tertiary/aromatic N) is 3. The molecule has 110 valence electrons. The van der Waals surface area contributed by atoms with Crippen LogP contribution in [0.1, 0.15) is 11.1 Å². The predicted molar refractivity (Wildman–Crippen MR) is 88.8 cm³/mol. The van der Waals surface area contributed by atoms with Gasteiger partial charge in [0.05, 0.1) is 0 Å². The molecule has 0 aliphatic carbocycles. The maximum absolute atomic E-state index is 9.10. The first-order valence-electron chi connectivity index (χ1n) is 6.98. The third-order valence-corrected chi connectivity index (χ3v) is 3.56. The molecule has 0 radical (unpaired) electrons. The van der Waals surface area contributed by atoms with E-state index in [-0.39, 0.29) is 11.3 Å². The first kappa shape index (κ1) is 15.8. The van der Waals surface area contributed by atoms with E-state index in [1.165, 1.54) is 11.1 Å². The Morgan fingerprint density at radius 3 is 2.13 bits per heavy atom. The number of aryl methyl sites for hydroxylation is 2. The van der Waals surface area contributed by atoms with Gasteiger partial charge < -0.3 is 5.32 Å². The molecular weight excluding hydrogens is 284 g/mol. The molecule has 0 fully saturated rings. The Morgan fingerprint density at radius 2 is 1.52 bits per heavy atom. The van der Waals surface area contributed by atoms with E-state index in [4.69, 9.17) is 15.8 Å². The standard InChI is InChI=1S/C19H14N4/c1-13-6-7-16(8-14(13)2)15-4-3-5-18(9-15)23-19(12-22)17(10-20)11-21/h3-9,23H,1-2H3. The van der Waals surface area contributed by atoms with Crippen molar-refractivity contribution >= 4 is 5.69 Å². The van der Waals surface area contributed by atoms with Gasteiger partial charge in [0.1, 0.15) is 23.9 Å². The van der Waals surface area contributed by atoms with Crippen LogP contribution in [0, 0.1) is 47.8 Å². The van der Waals surface area contributed by atoms with Gasteiger partial charge in [-0.3, -0.25) is 0 Å². The molecule has 0 aliphatic rings. The van der Waals surface area contributed by atoms with E-state index < -0.39 is 0 Å². The highest BCUT2D eigenvalue weighted by atomic mass is 14.9. The zero-order valence-electron chi connectivity index (χ0n) is 12.9. The Kier molecular flexibility index (Phi) is 4.78. The Hall–Kier alpha value is -3.55. The van der Waals surface area contributed by atoms with Crippen LogP contribution in [0.3, 0.4) is 0 Å². The highest BCUT2D eigenvalue weighted by Gasteiger charge is 2.07. The molecule has 2 aromatic rings. The number of hydrogen-bond donors (Lipinski definition) is 1. The van der Waals surface area contributed by atoms with E-state index >= 15 is 0 Å². The highest BCUT2D eigenvalue weighted by molar-refractivity contribution is 5.70. The number of hydrogen-bond acceptors (Lipinski definition) is 4. The lowest BCUT2D eigenvalue weighted by molar-refractivity contribution is 1.34. The van der Waals surface area contributed by atoms with Crippen LogP contribution in [0.15, 0.2) is 53.7 Å². The normalized spacial score (nSPS) is 9.17. The third kappa shape index (κ3) is 3.56. The van der Waals surface area contributed by atoms with Crippen molar-refractivity contribution in [1.82, 2.24) is 0 Å². The Morgan fingerprint density at radius 1 is 0.826 bits per heavy atom. The fraction of sp³-hybridized carbons (Fsp3) is 0.105. The summed E-state index contributed by atoms with van der Waals surface area (Å²) in [6, 6.07) is 19.0. The van der Waals surface area contributed by atoms with Crippen molar-refractivity contribution in [3.8, 4) is 29.3 Å². The van der Waals surface area contributed by atoms with E-state index in [0.717, 1.165) is 11.1 Å². The molecule has 0 heterocycles. The van der Waals surface area contributed by atoms with Crippen LogP contribution >= 0.6 is 0 Å². The van der Waals surface area contributed by atoms with Gasteiger partial charge in [-0.2, -0.15) is 15.8 Å². The molecule has 0 unspecified atom stereocenters. The molecule has 2 rings (SSSR count). The average Bonchev–Trinajstić information content (AvgIpc) is 2.57. The summed E-state index contributed by atoms with van der Waals surface area (Å²) < 4.78 is 0. The molecule has 0 atom stereocenters. The largest absolute Gasteiger partial charge is 0.345 e. The monoisotopic (exact) mass is 298 g/mol. The fourth-order valence-corrected chi connectivity index (χ4v) is 2.12. The van der Waals surface area contributed by atoms with Crippen molar-refractivity contribution in [2.45, 2.75) is 13.8 Å². The molecule has 23 heavy (non-hydrogen) atoms. The van der Waals surface area contributed by atoms with Crippen LogP contribution in [0.25, 0.3) is 11.1 Å². The molecule has 0 saturated heterocycles. The Bertz CT molecular complexity index is 886. The number of nitriles is 3. The van der Waals surface area contributed by atoms with Gasteiger partial charge in [-0.25, -0.2) is 0 Å². The minimum absolute atomic E-state index is 0.0489. The second kappa shape index (κ2) is 6.94. The summed E-state index contributed by atoms with van der Waals surface area (Å²) in [5.41, 5.74) is 4.86. The molecule has 4 heteroatoms. The van der Waals surface area contributed by atoms with Crippen LogP contribution < -0.4 is 5.32 Å². The van der Waals surface area contributed by atoms with E-state index in [9.17, 15) is 0 Å². The predicted octanol–water partition coefficient (Wildman–Crippen LogP) is 4.21. The van der Waals surface area contributed by atoms with Crippen molar-refractivity contribution in [2.75, 3.05) is 5.32 Å². The van der Waals surface area contributed by atoms with Gasteiger partial charge in [0.15, 0.2) is 5.57 Å². The number of nitrogens with one attached hydrogen (secondary N) is 1. The maximum Gasteiger partial charge on any atom is 0.163 e. The third-order valence-electron chi connectivity index (χ3n) is 3.56. The maximum atomic E-state index is 9.10. The minimum atomic E-state index is -0.232. The van der Waals surface area contributed by atoms with Gasteiger partial charge in [-0.05, 0) is 48.2 Å². The molecule has 4 nitrogen and oxygen atoms in total. The highest BCUT2D eigenvalue weighted by Crippen LogP contribution is 2.25. The molecule has 0 aliphatic heterocycles. The van der Waals surface area contributed by atoms with E-state index in [1.807, 2.05) is 30.3 Å². The quantitative estimate of drug-likeness (QED) is 0.860. The Labute approximate surface area is 135 Å².